The summed E-state index contributed by atoms with van der Waals surface area (Å²) in [6.07, 6.45) is 3.93. The Morgan fingerprint density at radius 2 is 2.18 bits per heavy atom. The van der Waals surface area contributed by atoms with Gasteiger partial charge in [0, 0.05) is 50.8 Å². The molecule has 0 aliphatic carbocycles. The van der Waals surface area contributed by atoms with Gasteiger partial charge in [-0.25, -0.2) is 0 Å². The normalized spacial score (nSPS) is 37.2. The van der Waals surface area contributed by atoms with Crippen LogP contribution < -0.4 is 5.73 Å². The highest BCUT2D eigenvalue weighted by Gasteiger charge is 2.32. The molecule has 0 aromatic heterocycles. The second kappa shape index (κ2) is 5.22. The number of hydrogen-bond donors (Lipinski definition) is 1. The molecule has 4 nitrogen and oxygen atoms in total. The highest BCUT2D eigenvalue weighted by Crippen LogP contribution is 2.22. The summed E-state index contributed by atoms with van der Waals surface area (Å²) in [6.45, 7) is 7.87. The van der Waals surface area contributed by atoms with Gasteiger partial charge in [0.05, 0.1) is 6.61 Å². The minimum atomic E-state index is 0.311. The summed E-state index contributed by atoms with van der Waals surface area (Å²) in [5.41, 5.74) is 6.31. The van der Waals surface area contributed by atoms with Crippen molar-refractivity contribution < 1.29 is 4.74 Å². The summed E-state index contributed by atoms with van der Waals surface area (Å²) in [6, 6.07) is 1.13. The van der Waals surface area contributed by atoms with Gasteiger partial charge >= 0.3 is 0 Å². The topological polar surface area (TPSA) is 41.7 Å². The lowest BCUT2D eigenvalue weighted by molar-refractivity contribution is 0.0921. The van der Waals surface area contributed by atoms with E-state index in [4.69, 9.17) is 10.5 Å². The number of hydrogen-bond acceptors (Lipinski definition) is 4. The minimum absolute atomic E-state index is 0.311. The fourth-order valence-electron chi connectivity index (χ4n) is 3.56. The van der Waals surface area contributed by atoms with Crippen molar-refractivity contribution in [3.8, 4) is 0 Å². The van der Waals surface area contributed by atoms with Crippen LogP contribution in [0.2, 0.25) is 0 Å². The molecule has 0 spiro atoms. The van der Waals surface area contributed by atoms with E-state index in [2.05, 4.69) is 9.80 Å². The van der Waals surface area contributed by atoms with E-state index in [0.29, 0.717) is 12.0 Å². The third kappa shape index (κ3) is 2.65. The number of nitrogens with two attached hydrogens (primary N) is 1. The summed E-state index contributed by atoms with van der Waals surface area (Å²) >= 11 is 0. The van der Waals surface area contributed by atoms with Crippen molar-refractivity contribution in [2.75, 3.05) is 45.9 Å². The lowest BCUT2D eigenvalue weighted by atomic mass is 9.99. The maximum Gasteiger partial charge on any atom is 0.0510 e. The minimum Gasteiger partial charge on any atom is -0.381 e. The molecule has 98 valence electrons. The van der Waals surface area contributed by atoms with E-state index in [9.17, 15) is 0 Å². The second-order valence-electron chi connectivity index (χ2n) is 5.88. The van der Waals surface area contributed by atoms with Crippen molar-refractivity contribution in [3.05, 3.63) is 0 Å². The van der Waals surface area contributed by atoms with Crippen LogP contribution in [0.3, 0.4) is 0 Å². The molecule has 3 atom stereocenters. The molecule has 3 heterocycles. The van der Waals surface area contributed by atoms with Crippen LogP contribution in [0, 0.1) is 5.92 Å². The smallest absolute Gasteiger partial charge is 0.0510 e. The van der Waals surface area contributed by atoms with Gasteiger partial charge < -0.3 is 10.5 Å². The van der Waals surface area contributed by atoms with Crippen molar-refractivity contribution in [3.63, 3.8) is 0 Å². The maximum absolute atomic E-state index is 6.31. The molecule has 0 aromatic carbocycles. The van der Waals surface area contributed by atoms with Gasteiger partial charge in [-0.05, 0) is 25.8 Å². The standard InChI is InChI=1S/C13H25N3O/c14-13(11-3-7-17-10-11)9-15-5-6-16-4-1-2-12(16)8-15/h11-13H,1-10,14H2. The highest BCUT2D eigenvalue weighted by molar-refractivity contribution is 4.89. The molecule has 2 N–H and O–H groups in total. The number of nitrogens with zero attached hydrogens (tertiary/aromatic N) is 2. The van der Waals surface area contributed by atoms with Crippen LogP contribution in [0.1, 0.15) is 19.3 Å². The molecule has 17 heavy (non-hydrogen) atoms. The van der Waals surface area contributed by atoms with E-state index in [1.165, 1.54) is 39.0 Å². The number of piperazine rings is 1. The molecule has 0 saturated carbocycles. The van der Waals surface area contributed by atoms with E-state index in [1.54, 1.807) is 0 Å². The Balaban J connectivity index is 1.48. The molecule has 3 unspecified atom stereocenters. The van der Waals surface area contributed by atoms with Crippen LogP contribution >= 0.6 is 0 Å². The summed E-state index contributed by atoms with van der Waals surface area (Å²) in [7, 11) is 0. The zero-order chi connectivity index (χ0) is 11.7. The summed E-state index contributed by atoms with van der Waals surface area (Å²) in [4.78, 5) is 5.23. The van der Waals surface area contributed by atoms with Crippen LogP contribution in [0.15, 0.2) is 0 Å². The van der Waals surface area contributed by atoms with E-state index in [0.717, 1.165) is 32.2 Å². The van der Waals surface area contributed by atoms with Gasteiger partial charge in [0.25, 0.3) is 0 Å². The van der Waals surface area contributed by atoms with Crippen molar-refractivity contribution in [1.82, 2.24) is 9.80 Å². The van der Waals surface area contributed by atoms with Crippen molar-refractivity contribution in [2.45, 2.75) is 31.3 Å². The number of fused-ring (bicyclic) bond motifs is 1. The van der Waals surface area contributed by atoms with Gasteiger partial charge in [-0.15, -0.1) is 0 Å². The first-order valence-electron chi connectivity index (χ1n) is 7.12. The average molecular weight is 239 g/mol. The maximum atomic E-state index is 6.31. The largest absolute Gasteiger partial charge is 0.381 e. The zero-order valence-corrected chi connectivity index (χ0v) is 10.7. The fraction of sp³-hybridized carbons (Fsp3) is 1.00. The molecule has 3 aliphatic rings. The predicted molar refractivity (Wildman–Crippen MR) is 67.9 cm³/mol. The van der Waals surface area contributed by atoms with E-state index in [-0.39, 0.29) is 0 Å². The van der Waals surface area contributed by atoms with Crippen LogP contribution in [0.4, 0.5) is 0 Å². The molecule has 3 aliphatic heterocycles. The van der Waals surface area contributed by atoms with Gasteiger partial charge in [0.15, 0.2) is 0 Å². The van der Waals surface area contributed by atoms with Crippen LogP contribution in [-0.4, -0.2) is 67.8 Å². The van der Waals surface area contributed by atoms with Crippen LogP contribution in [0.5, 0.6) is 0 Å². The van der Waals surface area contributed by atoms with Crippen molar-refractivity contribution >= 4 is 0 Å². The van der Waals surface area contributed by atoms with Crippen molar-refractivity contribution in [1.29, 1.82) is 0 Å². The Hall–Kier alpha value is -0.160. The molecule has 0 radical (unpaired) electrons. The first-order valence-corrected chi connectivity index (χ1v) is 7.12. The zero-order valence-electron chi connectivity index (χ0n) is 10.7. The fourth-order valence-corrected chi connectivity index (χ4v) is 3.56. The quantitative estimate of drug-likeness (QED) is 0.760. The molecule has 0 amide bonds. The average Bonchev–Trinajstić information content (AvgIpc) is 2.99. The van der Waals surface area contributed by atoms with E-state index >= 15 is 0 Å². The van der Waals surface area contributed by atoms with Crippen LogP contribution in [-0.2, 0) is 4.74 Å². The van der Waals surface area contributed by atoms with Crippen molar-refractivity contribution in [2.24, 2.45) is 11.7 Å². The first kappa shape index (κ1) is 11.9. The molecule has 0 aromatic rings. The lowest BCUT2D eigenvalue weighted by Crippen LogP contribution is -2.53. The summed E-state index contributed by atoms with van der Waals surface area (Å²) in [5, 5.41) is 0. The molecule has 3 saturated heterocycles. The molecule has 4 heteroatoms. The summed E-state index contributed by atoms with van der Waals surface area (Å²) < 4.78 is 5.43. The Bertz CT molecular complexity index is 255. The van der Waals surface area contributed by atoms with Gasteiger partial charge in [0.2, 0.25) is 0 Å². The summed E-state index contributed by atoms with van der Waals surface area (Å²) in [5.74, 6) is 0.594. The van der Waals surface area contributed by atoms with E-state index < -0.39 is 0 Å². The Kier molecular flexibility index (Phi) is 3.66. The monoisotopic (exact) mass is 239 g/mol. The number of ether oxygens (including phenoxy) is 1. The molecular formula is C13H25N3O. The Morgan fingerprint density at radius 1 is 1.24 bits per heavy atom. The third-order valence-corrected chi connectivity index (χ3v) is 4.71. The molecular weight excluding hydrogens is 214 g/mol. The SMILES string of the molecule is NC(CN1CCN2CCCC2C1)C1CCOC1. The molecule has 3 fully saturated rings. The molecule has 3 rings (SSSR count). The van der Waals surface area contributed by atoms with Gasteiger partial charge in [-0.2, -0.15) is 0 Å². The van der Waals surface area contributed by atoms with Gasteiger partial charge in [0.1, 0.15) is 0 Å². The number of rotatable bonds is 3. The second-order valence-corrected chi connectivity index (χ2v) is 5.88. The van der Waals surface area contributed by atoms with Gasteiger partial charge in [-0.1, -0.05) is 0 Å². The van der Waals surface area contributed by atoms with E-state index in [1.807, 2.05) is 0 Å². The predicted octanol–water partition coefficient (Wildman–Crippen LogP) is 0.130. The highest BCUT2D eigenvalue weighted by atomic mass is 16.5. The Morgan fingerprint density at radius 3 is 3.00 bits per heavy atom. The molecule has 0 bridgehead atoms. The Labute approximate surface area is 104 Å². The van der Waals surface area contributed by atoms with Crippen LogP contribution in [0.25, 0.3) is 0 Å². The van der Waals surface area contributed by atoms with Gasteiger partial charge in [-0.3, -0.25) is 9.80 Å². The third-order valence-electron chi connectivity index (χ3n) is 4.71. The lowest BCUT2D eigenvalue weighted by Gasteiger charge is -2.39. The first-order chi connectivity index (χ1) is 8.33.